The van der Waals surface area contributed by atoms with Crippen LogP contribution in [0.1, 0.15) is 12.8 Å². The molecule has 0 radical (unpaired) electrons. The zero-order chi connectivity index (χ0) is 17.2. The standard InChI is InChI=1S/C17H20N2O4S.ClH/c1-24(21,22)16-4-2-13(3-5-16)19-11-8-15(12-17(19)20)23-14-6-9-18-10-7-14;/h2-5,8,11-12,14,18H,6-7,9-10H2,1H3;1H. The molecule has 0 atom stereocenters. The Kier molecular flexibility index (Phi) is 6.26. The molecule has 1 aliphatic heterocycles. The van der Waals surface area contributed by atoms with E-state index in [1.807, 2.05) is 0 Å². The van der Waals surface area contributed by atoms with Gasteiger partial charge in [0.05, 0.1) is 4.90 Å². The number of pyridine rings is 1. The quantitative estimate of drug-likeness (QED) is 0.869. The molecular formula is C17H21ClN2O4S. The van der Waals surface area contributed by atoms with Crippen molar-refractivity contribution in [3.05, 3.63) is 52.9 Å². The van der Waals surface area contributed by atoms with Crippen LogP contribution in [0.5, 0.6) is 5.75 Å². The summed E-state index contributed by atoms with van der Waals surface area (Å²) in [5, 5.41) is 3.27. The zero-order valence-corrected chi connectivity index (χ0v) is 15.5. The number of nitrogens with one attached hydrogen (secondary N) is 1. The minimum Gasteiger partial charge on any atom is -0.490 e. The summed E-state index contributed by atoms with van der Waals surface area (Å²) in [6.07, 6.45) is 4.79. The topological polar surface area (TPSA) is 77.4 Å². The highest BCUT2D eigenvalue weighted by Crippen LogP contribution is 2.16. The summed E-state index contributed by atoms with van der Waals surface area (Å²) in [6, 6.07) is 9.45. The van der Waals surface area contributed by atoms with Crippen LogP contribution >= 0.6 is 12.4 Å². The Labute approximate surface area is 153 Å². The number of sulfone groups is 1. The Morgan fingerprint density at radius 2 is 1.76 bits per heavy atom. The number of rotatable bonds is 4. The molecule has 1 aromatic heterocycles. The van der Waals surface area contributed by atoms with Gasteiger partial charge in [0.15, 0.2) is 9.84 Å². The van der Waals surface area contributed by atoms with Crippen LogP contribution in [0.25, 0.3) is 5.69 Å². The molecule has 6 nitrogen and oxygen atoms in total. The molecule has 0 saturated carbocycles. The van der Waals surface area contributed by atoms with Crippen LogP contribution in [0.15, 0.2) is 52.3 Å². The first-order chi connectivity index (χ1) is 11.4. The van der Waals surface area contributed by atoms with E-state index < -0.39 is 9.84 Å². The van der Waals surface area contributed by atoms with Crippen molar-refractivity contribution in [2.75, 3.05) is 19.3 Å². The van der Waals surface area contributed by atoms with Gasteiger partial charge in [0.1, 0.15) is 11.9 Å². The van der Waals surface area contributed by atoms with Crippen molar-refractivity contribution in [2.45, 2.75) is 23.8 Å². The van der Waals surface area contributed by atoms with E-state index in [-0.39, 0.29) is 29.0 Å². The van der Waals surface area contributed by atoms with E-state index in [9.17, 15) is 13.2 Å². The highest BCUT2D eigenvalue weighted by atomic mass is 35.5. The molecule has 0 unspecified atom stereocenters. The molecule has 0 aliphatic carbocycles. The highest BCUT2D eigenvalue weighted by Gasteiger charge is 2.15. The van der Waals surface area contributed by atoms with Crippen molar-refractivity contribution in [3.63, 3.8) is 0 Å². The Balaban J connectivity index is 0.00000225. The molecule has 1 fully saturated rings. The summed E-state index contributed by atoms with van der Waals surface area (Å²) in [5.41, 5.74) is 0.398. The van der Waals surface area contributed by atoms with E-state index in [1.165, 1.54) is 22.8 Å². The first-order valence-corrected chi connectivity index (χ1v) is 9.73. The lowest BCUT2D eigenvalue weighted by molar-refractivity contribution is 0.162. The first kappa shape index (κ1) is 19.5. The Morgan fingerprint density at radius 1 is 1.12 bits per heavy atom. The number of halogens is 1. The lowest BCUT2D eigenvalue weighted by Crippen LogP contribution is -2.34. The molecule has 136 valence electrons. The number of piperidine rings is 1. The molecule has 2 heterocycles. The summed E-state index contributed by atoms with van der Waals surface area (Å²) in [6.45, 7) is 1.85. The molecular weight excluding hydrogens is 364 g/mol. The molecule has 1 N–H and O–H groups in total. The predicted molar refractivity (Wildman–Crippen MR) is 98.9 cm³/mol. The largest absolute Gasteiger partial charge is 0.490 e. The fraction of sp³-hybridized carbons (Fsp3) is 0.353. The van der Waals surface area contributed by atoms with Gasteiger partial charge in [-0.25, -0.2) is 8.42 Å². The molecule has 1 aliphatic rings. The second-order valence-electron chi connectivity index (χ2n) is 5.90. The second-order valence-corrected chi connectivity index (χ2v) is 7.92. The van der Waals surface area contributed by atoms with Gasteiger partial charge < -0.3 is 10.1 Å². The van der Waals surface area contributed by atoms with E-state index >= 15 is 0 Å². The lowest BCUT2D eigenvalue weighted by Gasteiger charge is -2.23. The maximum absolute atomic E-state index is 12.3. The molecule has 1 aromatic carbocycles. The van der Waals surface area contributed by atoms with Crippen LogP contribution in [0.3, 0.4) is 0 Å². The van der Waals surface area contributed by atoms with E-state index in [4.69, 9.17) is 4.74 Å². The fourth-order valence-electron chi connectivity index (χ4n) is 2.71. The third-order valence-electron chi connectivity index (χ3n) is 4.02. The van der Waals surface area contributed by atoms with E-state index in [0.29, 0.717) is 11.4 Å². The molecule has 25 heavy (non-hydrogen) atoms. The lowest BCUT2D eigenvalue weighted by atomic mass is 10.1. The van der Waals surface area contributed by atoms with E-state index in [2.05, 4.69) is 5.32 Å². The molecule has 0 spiro atoms. The Hall–Kier alpha value is -1.83. The fourth-order valence-corrected chi connectivity index (χ4v) is 3.34. The average molecular weight is 385 g/mol. The number of benzene rings is 1. The monoisotopic (exact) mass is 384 g/mol. The van der Waals surface area contributed by atoms with Gasteiger partial charge in [-0.3, -0.25) is 9.36 Å². The SMILES string of the molecule is CS(=O)(=O)c1ccc(-n2ccc(OC3CCNCC3)cc2=O)cc1.Cl. The van der Waals surface area contributed by atoms with Crippen molar-refractivity contribution in [3.8, 4) is 11.4 Å². The van der Waals surface area contributed by atoms with Crippen LogP contribution in [-0.4, -0.2) is 38.4 Å². The van der Waals surface area contributed by atoms with Gasteiger partial charge in [0, 0.05) is 24.2 Å². The van der Waals surface area contributed by atoms with Crippen LogP contribution in [-0.2, 0) is 9.84 Å². The van der Waals surface area contributed by atoms with E-state index in [1.54, 1.807) is 24.4 Å². The van der Waals surface area contributed by atoms with Crippen molar-refractivity contribution in [2.24, 2.45) is 0 Å². The highest BCUT2D eigenvalue weighted by molar-refractivity contribution is 7.90. The number of aromatic nitrogens is 1. The summed E-state index contributed by atoms with van der Waals surface area (Å²) in [7, 11) is -3.25. The predicted octanol–water partition coefficient (Wildman–Crippen LogP) is 1.79. The minimum atomic E-state index is -3.25. The van der Waals surface area contributed by atoms with Crippen LogP contribution < -0.4 is 15.6 Å². The van der Waals surface area contributed by atoms with Crippen LogP contribution in [0.4, 0.5) is 0 Å². The maximum Gasteiger partial charge on any atom is 0.258 e. The minimum absolute atomic E-state index is 0. The van der Waals surface area contributed by atoms with Gasteiger partial charge >= 0.3 is 0 Å². The third kappa shape index (κ3) is 4.84. The van der Waals surface area contributed by atoms with E-state index in [0.717, 1.165) is 32.2 Å². The van der Waals surface area contributed by atoms with Crippen LogP contribution in [0, 0.1) is 0 Å². The maximum atomic E-state index is 12.3. The number of hydrogen-bond donors (Lipinski definition) is 1. The molecule has 3 rings (SSSR count). The summed E-state index contributed by atoms with van der Waals surface area (Å²) in [4.78, 5) is 12.5. The number of hydrogen-bond acceptors (Lipinski definition) is 5. The third-order valence-corrected chi connectivity index (χ3v) is 5.15. The average Bonchev–Trinajstić information content (AvgIpc) is 2.55. The van der Waals surface area contributed by atoms with Gasteiger partial charge in [0.25, 0.3) is 5.56 Å². The van der Waals surface area contributed by atoms with Gasteiger partial charge in [0.2, 0.25) is 0 Å². The van der Waals surface area contributed by atoms with Crippen molar-refractivity contribution in [1.82, 2.24) is 9.88 Å². The van der Waals surface area contributed by atoms with Crippen molar-refractivity contribution in [1.29, 1.82) is 0 Å². The summed E-state index contributed by atoms with van der Waals surface area (Å²) < 4.78 is 30.3. The number of ether oxygens (including phenoxy) is 1. The first-order valence-electron chi connectivity index (χ1n) is 7.84. The molecule has 1 saturated heterocycles. The van der Waals surface area contributed by atoms with Gasteiger partial charge in [-0.2, -0.15) is 0 Å². The number of nitrogens with zero attached hydrogens (tertiary/aromatic N) is 1. The van der Waals surface area contributed by atoms with Gasteiger partial charge in [-0.05, 0) is 56.3 Å². The second kappa shape index (κ2) is 8.03. The summed E-state index contributed by atoms with van der Waals surface area (Å²) in [5.74, 6) is 0.566. The van der Waals surface area contributed by atoms with Crippen molar-refractivity contribution >= 4 is 22.2 Å². The smallest absolute Gasteiger partial charge is 0.258 e. The zero-order valence-electron chi connectivity index (χ0n) is 13.8. The molecule has 2 aromatic rings. The molecule has 8 heteroatoms. The van der Waals surface area contributed by atoms with Crippen LogP contribution in [0.2, 0.25) is 0 Å². The Bertz CT molecular complexity index is 872. The van der Waals surface area contributed by atoms with Crippen molar-refractivity contribution < 1.29 is 13.2 Å². The molecule has 0 amide bonds. The normalized spacial score (nSPS) is 15.4. The molecule has 0 bridgehead atoms. The summed E-state index contributed by atoms with van der Waals surface area (Å²) >= 11 is 0. The Morgan fingerprint density at radius 3 is 2.32 bits per heavy atom. The van der Waals surface area contributed by atoms with Gasteiger partial charge in [-0.15, -0.1) is 12.4 Å². The van der Waals surface area contributed by atoms with Gasteiger partial charge in [-0.1, -0.05) is 0 Å².